The second kappa shape index (κ2) is 6.54. The number of aromatic nitrogens is 3. The van der Waals surface area contributed by atoms with Gasteiger partial charge in [0.15, 0.2) is 11.6 Å². The van der Waals surface area contributed by atoms with Gasteiger partial charge in [-0.15, -0.1) is 5.10 Å². The Morgan fingerprint density at radius 2 is 1.75 bits per heavy atom. The normalized spacial score (nSPS) is 13.3. The van der Waals surface area contributed by atoms with Crippen LogP contribution >= 0.6 is 0 Å². The van der Waals surface area contributed by atoms with Crippen molar-refractivity contribution in [1.82, 2.24) is 15.2 Å². The fourth-order valence-corrected chi connectivity index (χ4v) is 2.25. The molecule has 24 heavy (non-hydrogen) atoms. The first-order valence-electron chi connectivity index (χ1n) is 7.92. The summed E-state index contributed by atoms with van der Waals surface area (Å²) >= 11 is 0. The van der Waals surface area contributed by atoms with E-state index < -0.39 is 0 Å². The molecule has 6 nitrogen and oxygen atoms in total. The van der Waals surface area contributed by atoms with Gasteiger partial charge in [-0.25, -0.2) is 0 Å². The van der Waals surface area contributed by atoms with Gasteiger partial charge in [0.1, 0.15) is 5.75 Å². The van der Waals surface area contributed by atoms with Crippen molar-refractivity contribution >= 4 is 17.5 Å². The summed E-state index contributed by atoms with van der Waals surface area (Å²) in [6, 6.07) is 17.9. The summed E-state index contributed by atoms with van der Waals surface area (Å²) in [4.78, 5) is 4.44. The molecule has 0 atom stereocenters. The third kappa shape index (κ3) is 3.60. The van der Waals surface area contributed by atoms with Crippen LogP contribution < -0.4 is 15.4 Å². The predicted molar refractivity (Wildman–Crippen MR) is 92.7 cm³/mol. The molecule has 6 heteroatoms. The first kappa shape index (κ1) is 14.4. The lowest BCUT2D eigenvalue weighted by Crippen LogP contribution is -2.07. The van der Waals surface area contributed by atoms with Crippen molar-refractivity contribution in [3.05, 3.63) is 60.8 Å². The zero-order chi connectivity index (χ0) is 16.2. The largest absolute Gasteiger partial charge is 0.455 e. The van der Waals surface area contributed by atoms with Gasteiger partial charge in [-0.05, 0) is 37.1 Å². The van der Waals surface area contributed by atoms with Crippen LogP contribution in [-0.4, -0.2) is 21.2 Å². The molecule has 2 aromatic carbocycles. The lowest BCUT2D eigenvalue weighted by molar-refractivity contribution is 0.485. The van der Waals surface area contributed by atoms with Crippen LogP contribution in [0.4, 0.5) is 17.5 Å². The molecular formula is C18H17N5O. The zero-order valence-electron chi connectivity index (χ0n) is 13.0. The van der Waals surface area contributed by atoms with E-state index in [1.807, 2.05) is 54.6 Å². The first-order chi connectivity index (χ1) is 11.9. The first-order valence-corrected chi connectivity index (χ1v) is 7.92. The van der Waals surface area contributed by atoms with Crippen LogP contribution in [0.15, 0.2) is 60.8 Å². The van der Waals surface area contributed by atoms with Gasteiger partial charge in [0.2, 0.25) is 5.95 Å². The fraction of sp³-hybridized carbons (Fsp3) is 0.167. The van der Waals surface area contributed by atoms with Crippen LogP contribution in [-0.2, 0) is 0 Å². The van der Waals surface area contributed by atoms with Crippen molar-refractivity contribution in [2.24, 2.45) is 0 Å². The summed E-state index contributed by atoms with van der Waals surface area (Å²) in [5.74, 6) is 2.67. The Balaban J connectivity index is 1.54. The highest BCUT2D eigenvalue weighted by Crippen LogP contribution is 2.31. The highest BCUT2D eigenvalue weighted by Gasteiger charge is 2.22. The minimum Gasteiger partial charge on any atom is -0.455 e. The van der Waals surface area contributed by atoms with Gasteiger partial charge >= 0.3 is 0 Å². The van der Waals surface area contributed by atoms with E-state index in [9.17, 15) is 0 Å². The van der Waals surface area contributed by atoms with Crippen molar-refractivity contribution in [2.75, 3.05) is 10.6 Å². The summed E-state index contributed by atoms with van der Waals surface area (Å²) < 4.78 is 5.94. The average Bonchev–Trinajstić information content (AvgIpc) is 3.42. The number of nitrogens with one attached hydrogen (secondary N) is 2. The summed E-state index contributed by atoms with van der Waals surface area (Å²) in [6.07, 6.45) is 3.92. The van der Waals surface area contributed by atoms with Crippen LogP contribution in [0.3, 0.4) is 0 Å². The van der Waals surface area contributed by atoms with Gasteiger partial charge in [-0.1, -0.05) is 30.3 Å². The Kier molecular flexibility index (Phi) is 3.93. The molecule has 1 saturated carbocycles. The van der Waals surface area contributed by atoms with Gasteiger partial charge in [0.25, 0.3) is 0 Å². The molecule has 0 spiro atoms. The Morgan fingerprint density at radius 1 is 0.958 bits per heavy atom. The topological polar surface area (TPSA) is 72.0 Å². The van der Waals surface area contributed by atoms with E-state index in [1.54, 1.807) is 6.20 Å². The Hall–Kier alpha value is -3.15. The molecular weight excluding hydrogens is 302 g/mol. The number of anilines is 3. The molecule has 0 unspecified atom stereocenters. The van der Waals surface area contributed by atoms with E-state index in [0.717, 1.165) is 30.0 Å². The fourth-order valence-electron chi connectivity index (χ4n) is 2.25. The summed E-state index contributed by atoms with van der Waals surface area (Å²) in [6.45, 7) is 0. The van der Waals surface area contributed by atoms with Crippen LogP contribution in [0.5, 0.6) is 11.5 Å². The molecule has 0 amide bonds. The molecule has 1 aliphatic rings. The van der Waals surface area contributed by atoms with E-state index in [4.69, 9.17) is 4.74 Å². The SMILES string of the molecule is c1ccc(Oc2ccccc2Nc2cnnc(NC3CC3)n2)cc1. The maximum atomic E-state index is 5.94. The van der Waals surface area contributed by atoms with Gasteiger partial charge < -0.3 is 15.4 Å². The summed E-state index contributed by atoms with van der Waals surface area (Å²) in [5.41, 5.74) is 0.819. The molecule has 120 valence electrons. The quantitative estimate of drug-likeness (QED) is 0.716. The standard InChI is InChI=1S/C18H17N5O/c1-2-6-14(7-3-1)24-16-9-5-4-8-15(16)21-17-12-19-23-18(22-17)20-13-10-11-13/h1-9,12-13H,10-11H2,(H2,20,21,22,23). The molecule has 0 radical (unpaired) electrons. The van der Waals surface area contributed by atoms with E-state index >= 15 is 0 Å². The molecule has 0 saturated heterocycles. The zero-order valence-corrected chi connectivity index (χ0v) is 13.0. The number of hydrogen-bond donors (Lipinski definition) is 2. The van der Waals surface area contributed by atoms with Crippen LogP contribution in [0.1, 0.15) is 12.8 Å². The number of ether oxygens (including phenoxy) is 1. The minimum absolute atomic E-state index is 0.482. The molecule has 1 aromatic heterocycles. The maximum Gasteiger partial charge on any atom is 0.244 e. The van der Waals surface area contributed by atoms with Crippen molar-refractivity contribution in [3.8, 4) is 11.5 Å². The Labute approximate surface area is 139 Å². The molecule has 0 bridgehead atoms. The highest BCUT2D eigenvalue weighted by atomic mass is 16.5. The molecule has 1 heterocycles. The van der Waals surface area contributed by atoms with Crippen molar-refractivity contribution in [2.45, 2.75) is 18.9 Å². The Bertz CT molecular complexity index is 820. The highest BCUT2D eigenvalue weighted by molar-refractivity contribution is 5.64. The summed E-state index contributed by atoms with van der Waals surface area (Å²) in [5, 5.41) is 14.5. The van der Waals surface area contributed by atoms with Crippen LogP contribution in [0, 0.1) is 0 Å². The number of nitrogens with zero attached hydrogens (tertiary/aromatic N) is 3. The van der Waals surface area contributed by atoms with E-state index in [0.29, 0.717) is 17.8 Å². The van der Waals surface area contributed by atoms with Crippen LogP contribution in [0.2, 0.25) is 0 Å². The number of rotatable bonds is 6. The van der Waals surface area contributed by atoms with E-state index in [-0.39, 0.29) is 0 Å². The van der Waals surface area contributed by atoms with Crippen molar-refractivity contribution < 1.29 is 4.74 Å². The van der Waals surface area contributed by atoms with Gasteiger partial charge in [0, 0.05) is 6.04 Å². The summed E-state index contributed by atoms with van der Waals surface area (Å²) in [7, 11) is 0. The lowest BCUT2D eigenvalue weighted by Gasteiger charge is -2.12. The molecule has 2 N–H and O–H groups in total. The second-order valence-electron chi connectivity index (χ2n) is 5.62. The average molecular weight is 319 g/mol. The molecule has 1 aliphatic carbocycles. The number of para-hydroxylation sites is 3. The van der Waals surface area contributed by atoms with Crippen LogP contribution in [0.25, 0.3) is 0 Å². The minimum atomic E-state index is 0.482. The van der Waals surface area contributed by atoms with E-state index in [2.05, 4.69) is 25.8 Å². The maximum absolute atomic E-state index is 5.94. The molecule has 3 aromatic rings. The predicted octanol–water partition coefficient (Wildman–Crippen LogP) is 3.98. The number of hydrogen-bond acceptors (Lipinski definition) is 6. The van der Waals surface area contributed by atoms with E-state index in [1.165, 1.54) is 0 Å². The smallest absolute Gasteiger partial charge is 0.244 e. The van der Waals surface area contributed by atoms with Gasteiger partial charge in [-0.3, -0.25) is 0 Å². The monoisotopic (exact) mass is 319 g/mol. The number of benzene rings is 2. The van der Waals surface area contributed by atoms with Crippen molar-refractivity contribution in [3.63, 3.8) is 0 Å². The van der Waals surface area contributed by atoms with Gasteiger partial charge in [0.05, 0.1) is 11.9 Å². The molecule has 0 aliphatic heterocycles. The lowest BCUT2D eigenvalue weighted by atomic mass is 10.3. The molecule has 4 rings (SSSR count). The molecule has 1 fully saturated rings. The van der Waals surface area contributed by atoms with Gasteiger partial charge in [-0.2, -0.15) is 10.1 Å². The third-order valence-electron chi connectivity index (χ3n) is 3.59. The second-order valence-corrected chi connectivity index (χ2v) is 5.62. The third-order valence-corrected chi connectivity index (χ3v) is 3.59. The van der Waals surface area contributed by atoms with Crippen molar-refractivity contribution in [1.29, 1.82) is 0 Å². The Morgan fingerprint density at radius 3 is 2.58 bits per heavy atom.